The maximum atomic E-state index is 3.75. The summed E-state index contributed by atoms with van der Waals surface area (Å²) in [6, 6.07) is 16.1. The lowest BCUT2D eigenvalue weighted by molar-refractivity contribution is 0.279. The lowest BCUT2D eigenvalue weighted by atomic mass is 9.86. The normalized spacial score (nSPS) is 23.6. The smallest absolute Gasteiger partial charge is 0.0208 e. The van der Waals surface area contributed by atoms with Crippen molar-refractivity contribution >= 4 is 10.8 Å². The van der Waals surface area contributed by atoms with Gasteiger partial charge in [-0.2, -0.15) is 0 Å². The summed E-state index contributed by atoms with van der Waals surface area (Å²) < 4.78 is 0. The molecule has 1 N–H and O–H groups in total. The molecule has 2 aromatic carbocycles. The van der Waals surface area contributed by atoms with Gasteiger partial charge < -0.3 is 5.32 Å². The highest BCUT2D eigenvalue weighted by molar-refractivity contribution is 5.82. The number of nitrogens with one attached hydrogen (secondary N) is 1. The zero-order chi connectivity index (χ0) is 13.1. The molecule has 0 amide bonds. The van der Waals surface area contributed by atoms with E-state index in [0.717, 1.165) is 12.5 Å². The van der Waals surface area contributed by atoms with Gasteiger partial charge >= 0.3 is 0 Å². The van der Waals surface area contributed by atoms with Crippen LogP contribution >= 0.6 is 0 Å². The van der Waals surface area contributed by atoms with Crippen LogP contribution < -0.4 is 5.32 Å². The largest absolute Gasteiger partial charge is 0.310 e. The summed E-state index contributed by atoms with van der Waals surface area (Å²) in [7, 11) is 0. The Morgan fingerprint density at radius 1 is 1.00 bits per heavy atom. The van der Waals surface area contributed by atoms with Crippen molar-refractivity contribution in [1.29, 1.82) is 0 Å². The predicted octanol–water partition coefficient (Wildman–Crippen LogP) is 4.51. The first-order chi connectivity index (χ1) is 9.33. The number of hydrogen-bond acceptors (Lipinski definition) is 1. The molecule has 3 rings (SSSR count). The van der Waals surface area contributed by atoms with Crippen molar-refractivity contribution in [3.8, 4) is 0 Å². The van der Waals surface area contributed by atoms with Crippen molar-refractivity contribution in [2.75, 3.05) is 0 Å². The molecule has 19 heavy (non-hydrogen) atoms. The Bertz CT molecular complexity index is 546. The van der Waals surface area contributed by atoms with Crippen molar-refractivity contribution in [3.05, 3.63) is 48.0 Å². The Morgan fingerprint density at radius 2 is 1.79 bits per heavy atom. The number of hydrogen-bond donors (Lipinski definition) is 1. The average Bonchev–Trinajstić information content (AvgIpc) is 2.46. The minimum atomic E-state index is 0.709. The first kappa shape index (κ1) is 12.7. The zero-order valence-corrected chi connectivity index (χ0v) is 11.7. The molecule has 1 aliphatic carbocycles. The van der Waals surface area contributed by atoms with Gasteiger partial charge in [-0.15, -0.1) is 0 Å². The van der Waals surface area contributed by atoms with Crippen LogP contribution in [0.25, 0.3) is 10.8 Å². The minimum Gasteiger partial charge on any atom is -0.310 e. The molecule has 1 nitrogen and oxygen atoms in total. The zero-order valence-electron chi connectivity index (χ0n) is 11.7. The average molecular weight is 253 g/mol. The van der Waals surface area contributed by atoms with E-state index in [4.69, 9.17) is 0 Å². The van der Waals surface area contributed by atoms with Gasteiger partial charge in [0.25, 0.3) is 0 Å². The molecule has 1 fully saturated rings. The van der Waals surface area contributed by atoms with Gasteiger partial charge in [0.2, 0.25) is 0 Å². The third kappa shape index (κ3) is 2.98. The molecule has 0 saturated heterocycles. The highest BCUT2D eigenvalue weighted by Gasteiger charge is 2.20. The molecule has 0 aromatic heterocycles. The number of rotatable bonds is 3. The van der Waals surface area contributed by atoms with E-state index in [1.165, 1.54) is 42.0 Å². The summed E-state index contributed by atoms with van der Waals surface area (Å²) in [4.78, 5) is 0. The van der Waals surface area contributed by atoms with Crippen molar-refractivity contribution in [1.82, 2.24) is 5.32 Å². The van der Waals surface area contributed by atoms with Crippen LogP contribution in [0, 0.1) is 5.92 Å². The number of fused-ring (bicyclic) bond motifs is 1. The molecular weight excluding hydrogens is 230 g/mol. The minimum absolute atomic E-state index is 0.709. The first-order valence-electron chi connectivity index (χ1n) is 7.54. The van der Waals surface area contributed by atoms with E-state index in [0.29, 0.717) is 6.04 Å². The van der Waals surface area contributed by atoms with E-state index >= 15 is 0 Å². The van der Waals surface area contributed by atoms with Crippen LogP contribution in [-0.4, -0.2) is 6.04 Å². The summed E-state index contributed by atoms with van der Waals surface area (Å²) >= 11 is 0. The Hall–Kier alpha value is -1.34. The van der Waals surface area contributed by atoms with Gasteiger partial charge in [0.1, 0.15) is 0 Å². The van der Waals surface area contributed by atoms with Crippen molar-refractivity contribution in [2.45, 2.75) is 45.2 Å². The fourth-order valence-corrected chi connectivity index (χ4v) is 3.22. The molecule has 0 bridgehead atoms. The lowest BCUT2D eigenvalue weighted by Gasteiger charge is -2.29. The molecule has 0 aliphatic heterocycles. The van der Waals surface area contributed by atoms with Crippen LogP contribution in [0.5, 0.6) is 0 Å². The molecule has 2 unspecified atom stereocenters. The number of benzene rings is 2. The molecule has 2 aromatic rings. The molecule has 1 aliphatic rings. The van der Waals surface area contributed by atoms with E-state index in [9.17, 15) is 0 Å². The lowest BCUT2D eigenvalue weighted by Crippen LogP contribution is -2.36. The Kier molecular flexibility index (Phi) is 3.84. The van der Waals surface area contributed by atoms with Crippen LogP contribution in [-0.2, 0) is 6.54 Å². The van der Waals surface area contributed by atoms with Gasteiger partial charge in [0, 0.05) is 12.6 Å². The summed E-state index contributed by atoms with van der Waals surface area (Å²) in [5.41, 5.74) is 1.40. The van der Waals surface area contributed by atoms with Crippen LogP contribution in [0.15, 0.2) is 42.5 Å². The molecule has 2 atom stereocenters. The maximum Gasteiger partial charge on any atom is 0.0208 e. The fraction of sp³-hybridized carbons (Fsp3) is 0.444. The SMILES string of the molecule is CC1CCCCC1NCc1ccc2ccccc2c1. The van der Waals surface area contributed by atoms with E-state index in [-0.39, 0.29) is 0 Å². The molecule has 0 heterocycles. The van der Waals surface area contributed by atoms with Gasteiger partial charge in [-0.05, 0) is 41.2 Å². The third-order valence-electron chi connectivity index (χ3n) is 4.49. The quantitative estimate of drug-likeness (QED) is 0.848. The van der Waals surface area contributed by atoms with E-state index in [1.807, 2.05) is 0 Å². The van der Waals surface area contributed by atoms with E-state index < -0.39 is 0 Å². The van der Waals surface area contributed by atoms with E-state index in [1.54, 1.807) is 0 Å². The van der Waals surface area contributed by atoms with Gasteiger partial charge in [-0.1, -0.05) is 56.2 Å². The van der Waals surface area contributed by atoms with Crippen LogP contribution in [0.1, 0.15) is 38.2 Å². The van der Waals surface area contributed by atoms with Crippen LogP contribution in [0.4, 0.5) is 0 Å². The van der Waals surface area contributed by atoms with Crippen molar-refractivity contribution in [2.24, 2.45) is 5.92 Å². The topological polar surface area (TPSA) is 12.0 Å². The highest BCUT2D eigenvalue weighted by atomic mass is 14.9. The standard InChI is InChI=1S/C18H23N/c1-14-6-2-5-9-18(14)19-13-15-10-11-16-7-3-4-8-17(16)12-15/h3-4,7-8,10-12,14,18-19H,2,5-6,9,13H2,1H3. The Labute approximate surface area is 116 Å². The Morgan fingerprint density at radius 3 is 2.63 bits per heavy atom. The second-order valence-electron chi connectivity index (χ2n) is 5.93. The summed E-state index contributed by atoms with van der Waals surface area (Å²) in [6.07, 6.45) is 5.53. The van der Waals surface area contributed by atoms with E-state index in [2.05, 4.69) is 54.7 Å². The van der Waals surface area contributed by atoms with Gasteiger partial charge in [-0.3, -0.25) is 0 Å². The van der Waals surface area contributed by atoms with Crippen molar-refractivity contribution in [3.63, 3.8) is 0 Å². The maximum absolute atomic E-state index is 3.75. The van der Waals surface area contributed by atoms with Crippen molar-refractivity contribution < 1.29 is 0 Å². The summed E-state index contributed by atoms with van der Waals surface area (Å²) in [5, 5.41) is 6.43. The molecule has 1 heteroatoms. The van der Waals surface area contributed by atoms with Gasteiger partial charge in [0.05, 0.1) is 0 Å². The molecule has 0 spiro atoms. The third-order valence-corrected chi connectivity index (χ3v) is 4.49. The summed E-state index contributed by atoms with van der Waals surface area (Å²) in [5.74, 6) is 0.828. The highest BCUT2D eigenvalue weighted by Crippen LogP contribution is 2.24. The molecule has 100 valence electrons. The predicted molar refractivity (Wildman–Crippen MR) is 82.2 cm³/mol. The Balaban J connectivity index is 1.67. The fourth-order valence-electron chi connectivity index (χ4n) is 3.22. The van der Waals surface area contributed by atoms with Gasteiger partial charge in [-0.25, -0.2) is 0 Å². The van der Waals surface area contributed by atoms with Gasteiger partial charge in [0.15, 0.2) is 0 Å². The van der Waals surface area contributed by atoms with Crippen LogP contribution in [0.2, 0.25) is 0 Å². The molecule has 1 saturated carbocycles. The monoisotopic (exact) mass is 253 g/mol. The molecular formula is C18H23N. The summed E-state index contributed by atoms with van der Waals surface area (Å²) in [6.45, 7) is 3.39. The first-order valence-corrected chi connectivity index (χ1v) is 7.54. The van der Waals surface area contributed by atoms with Crippen LogP contribution in [0.3, 0.4) is 0 Å². The second-order valence-corrected chi connectivity index (χ2v) is 5.93. The second kappa shape index (κ2) is 5.75. The molecule has 0 radical (unpaired) electrons.